The van der Waals surface area contributed by atoms with E-state index in [9.17, 15) is 5.11 Å². The Hall–Kier alpha value is -0.560. The van der Waals surface area contributed by atoms with Gasteiger partial charge in [0, 0.05) is 0 Å². The van der Waals surface area contributed by atoms with Gasteiger partial charge in [0.1, 0.15) is 0 Å². The van der Waals surface area contributed by atoms with Gasteiger partial charge >= 0.3 is 0 Å². The second kappa shape index (κ2) is 8.53. The predicted octanol–water partition coefficient (Wildman–Crippen LogP) is 5.01. The molecular formula is C17H30O. The summed E-state index contributed by atoms with van der Waals surface area (Å²) in [4.78, 5) is 0. The second-order valence-electron chi connectivity index (χ2n) is 5.93. The van der Waals surface area contributed by atoms with Crippen LogP contribution in [-0.4, -0.2) is 11.2 Å². The third-order valence-electron chi connectivity index (χ3n) is 3.77. The van der Waals surface area contributed by atoms with Crippen molar-refractivity contribution in [3.8, 4) is 0 Å². The number of unbranched alkanes of at least 4 members (excludes halogenated alkanes) is 3. The van der Waals surface area contributed by atoms with Crippen molar-refractivity contribution in [2.24, 2.45) is 5.92 Å². The Kier molecular flexibility index (Phi) is 7.34. The maximum atomic E-state index is 10.2. The molecule has 1 nitrogen and oxygen atoms in total. The van der Waals surface area contributed by atoms with Crippen molar-refractivity contribution in [2.45, 2.75) is 78.2 Å². The van der Waals surface area contributed by atoms with Crippen LogP contribution in [0.5, 0.6) is 0 Å². The maximum Gasteiger partial charge on any atom is 0.0961 e. The number of hydrogen-bond donors (Lipinski definition) is 1. The molecule has 1 atom stereocenters. The van der Waals surface area contributed by atoms with E-state index >= 15 is 0 Å². The number of rotatable bonds is 7. The third-order valence-corrected chi connectivity index (χ3v) is 3.77. The smallest absolute Gasteiger partial charge is 0.0961 e. The van der Waals surface area contributed by atoms with Crippen molar-refractivity contribution in [2.75, 3.05) is 0 Å². The van der Waals surface area contributed by atoms with Gasteiger partial charge in [-0.2, -0.15) is 0 Å². The lowest BCUT2D eigenvalue weighted by atomic mass is 10.0. The van der Waals surface area contributed by atoms with Gasteiger partial charge in [0.15, 0.2) is 0 Å². The Morgan fingerprint density at radius 1 is 1.11 bits per heavy atom. The molecule has 1 rings (SSSR count). The zero-order chi connectivity index (χ0) is 13.4. The standard InChI is InChI=1S/C17H30O/c1-4-5-6-7-10-15-12-13-16(17(15)18)11-8-9-14(2)3/h10-11,14,17-18H,4-9,12-13H2,1-3H3. The highest BCUT2D eigenvalue weighted by Gasteiger charge is 2.22. The summed E-state index contributed by atoms with van der Waals surface area (Å²) in [6.07, 6.45) is 13.8. The maximum absolute atomic E-state index is 10.2. The number of aliphatic hydroxyl groups is 1. The Morgan fingerprint density at radius 2 is 1.72 bits per heavy atom. The summed E-state index contributed by atoms with van der Waals surface area (Å²) in [5, 5.41) is 10.2. The van der Waals surface area contributed by atoms with Crippen LogP contribution in [-0.2, 0) is 0 Å². The average Bonchev–Trinajstić information content (AvgIpc) is 2.67. The highest BCUT2D eigenvalue weighted by atomic mass is 16.3. The first-order valence-corrected chi connectivity index (χ1v) is 7.71. The lowest BCUT2D eigenvalue weighted by Crippen LogP contribution is -2.05. The fourth-order valence-electron chi connectivity index (χ4n) is 2.51. The molecule has 0 aromatic carbocycles. The third kappa shape index (κ3) is 5.39. The molecule has 18 heavy (non-hydrogen) atoms. The molecule has 1 heteroatoms. The molecule has 1 aliphatic rings. The minimum Gasteiger partial charge on any atom is -0.384 e. The molecule has 0 aliphatic heterocycles. The van der Waals surface area contributed by atoms with Crippen LogP contribution >= 0.6 is 0 Å². The van der Waals surface area contributed by atoms with E-state index in [-0.39, 0.29) is 6.10 Å². The fraction of sp³-hybridized carbons (Fsp3) is 0.765. The molecule has 0 aromatic rings. The van der Waals surface area contributed by atoms with E-state index in [0.717, 1.165) is 31.6 Å². The molecule has 0 spiro atoms. The van der Waals surface area contributed by atoms with Crippen molar-refractivity contribution in [1.29, 1.82) is 0 Å². The first-order valence-electron chi connectivity index (χ1n) is 7.71. The SMILES string of the molecule is CCCCCC=C1CCC(=CCCC(C)C)C1O. The monoisotopic (exact) mass is 250 g/mol. The molecule has 1 N–H and O–H groups in total. The minimum atomic E-state index is -0.265. The Balaban J connectivity index is 2.38. The molecule has 0 heterocycles. The van der Waals surface area contributed by atoms with Crippen molar-refractivity contribution in [3.63, 3.8) is 0 Å². The quantitative estimate of drug-likeness (QED) is 0.497. The highest BCUT2D eigenvalue weighted by molar-refractivity contribution is 5.30. The molecule has 1 aliphatic carbocycles. The molecule has 0 bridgehead atoms. The van der Waals surface area contributed by atoms with E-state index in [4.69, 9.17) is 0 Å². The average molecular weight is 250 g/mol. The van der Waals surface area contributed by atoms with Crippen molar-refractivity contribution >= 4 is 0 Å². The van der Waals surface area contributed by atoms with Crippen molar-refractivity contribution in [1.82, 2.24) is 0 Å². The lowest BCUT2D eigenvalue weighted by molar-refractivity contribution is 0.254. The predicted molar refractivity (Wildman–Crippen MR) is 79.6 cm³/mol. The molecule has 0 radical (unpaired) electrons. The number of aliphatic hydroxyl groups excluding tert-OH is 1. The van der Waals surface area contributed by atoms with Crippen LogP contribution < -0.4 is 0 Å². The van der Waals surface area contributed by atoms with E-state index in [1.54, 1.807) is 0 Å². The summed E-state index contributed by atoms with van der Waals surface area (Å²) in [6.45, 7) is 6.73. The van der Waals surface area contributed by atoms with Gasteiger partial charge in [-0.25, -0.2) is 0 Å². The summed E-state index contributed by atoms with van der Waals surface area (Å²) >= 11 is 0. The zero-order valence-corrected chi connectivity index (χ0v) is 12.4. The van der Waals surface area contributed by atoms with E-state index in [0.29, 0.717) is 0 Å². The molecule has 0 saturated heterocycles. The van der Waals surface area contributed by atoms with E-state index in [1.165, 1.54) is 36.8 Å². The molecule has 104 valence electrons. The Morgan fingerprint density at radius 3 is 2.28 bits per heavy atom. The van der Waals surface area contributed by atoms with Gasteiger partial charge in [0.05, 0.1) is 6.10 Å². The summed E-state index contributed by atoms with van der Waals surface area (Å²) < 4.78 is 0. The van der Waals surface area contributed by atoms with Crippen molar-refractivity contribution < 1.29 is 5.11 Å². The van der Waals surface area contributed by atoms with E-state index in [2.05, 4.69) is 32.9 Å². The summed E-state index contributed by atoms with van der Waals surface area (Å²) in [6, 6.07) is 0. The molecular weight excluding hydrogens is 220 g/mol. The first-order chi connectivity index (χ1) is 8.65. The van der Waals surface area contributed by atoms with Gasteiger partial charge < -0.3 is 5.11 Å². The van der Waals surface area contributed by atoms with Crippen LogP contribution in [0.25, 0.3) is 0 Å². The molecule has 1 saturated carbocycles. The molecule has 1 fully saturated rings. The fourth-order valence-corrected chi connectivity index (χ4v) is 2.51. The topological polar surface area (TPSA) is 20.2 Å². The van der Waals surface area contributed by atoms with Crippen LogP contribution in [0.3, 0.4) is 0 Å². The van der Waals surface area contributed by atoms with Crippen LogP contribution in [0, 0.1) is 5.92 Å². The van der Waals surface area contributed by atoms with Crippen LogP contribution in [0.4, 0.5) is 0 Å². The Labute approximate surface area is 113 Å². The second-order valence-corrected chi connectivity index (χ2v) is 5.93. The van der Waals surface area contributed by atoms with Crippen molar-refractivity contribution in [3.05, 3.63) is 23.3 Å². The summed E-state index contributed by atoms with van der Waals surface area (Å²) in [5.74, 6) is 0.754. The van der Waals surface area contributed by atoms with E-state index < -0.39 is 0 Å². The Bertz CT molecular complexity index is 286. The van der Waals surface area contributed by atoms with Gasteiger partial charge in [-0.15, -0.1) is 0 Å². The summed E-state index contributed by atoms with van der Waals surface area (Å²) in [5.41, 5.74) is 2.53. The van der Waals surface area contributed by atoms with Gasteiger partial charge in [0.2, 0.25) is 0 Å². The lowest BCUT2D eigenvalue weighted by Gasteiger charge is -2.07. The summed E-state index contributed by atoms with van der Waals surface area (Å²) in [7, 11) is 0. The van der Waals surface area contributed by atoms with Gasteiger partial charge in [-0.05, 0) is 55.6 Å². The largest absolute Gasteiger partial charge is 0.384 e. The molecule has 0 aromatic heterocycles. The van der Waals surface area contributed by atoms with Crippen LogP contribution in [0.2, 0.25) is 0 Å². The molecule has 1 unspecified atom stereocenters. The number of hydrogen-bond acceptors (Lipinski definition) is 1. The highest BCUT2D eigenvalue weighted by Crippen LogP contribution is 2.31. The zero-order valence-electron chi connectivity index (χ0n) is 12.4. The minimum absolute atomic E-state index is 0.265. The molecule has 0 amide bonds. The van der Waals surface area contributed by atoms with Crippen LogP contribution in [0.15, 0.2) is 23.3 Å². The number of allylic oxidation sites excluding steroid dienone is 2. The van der Waals surface area contributed by atoms with Gasteiger partial charge in [-0.3, -0.25) is 0 Å². The first kappa shape index (κ1) is 15.5. The van der Waals surface area contributed by atoms with E-state index in [1.807, 2.05) is 0 Å². The normalized spacial score (nSPS) is 24.6. The van der Waals surface area contributed by atoms with Gasteiger partial charge in [0.25, 0.3) is 0 Å². The van der Waals surface area contributed by atoms with Crippen LogP contribution in [0.1, 0.15) is 72.1 Å². The van der Waals surface area contributed by atoms with Gasteiger partial charge in [-0.1, -0.05) is 45.8 Å².